The van der Waals surface area contributed by atoms with Crippen LogP contribution in [0.3, 0.4) is 0 Å². The van der Waals surface area contributed by atoms with Gasteiger partial charge >= 0.3 is 0 Å². The third-order valence-corrected chi connectivity index (χ3v) is 5.90. The van der Waals surface area contributed by atoms with Crippen molar-refractivity contribution in [1.82, 2.24) is 14.5 Å². The van der Waals surface area contributed by atoms with Gasteiger partial charge in [0.1, 0.15) is 17.1 Å². The van der Waals surface area contributed by atoms with Gasteiger partial charge in [0.15, 0.2) is 0 Å². The third-order valence-electron chi connectivity index (χ3n) is 5.90. The molecular weight excluding hydrogens is 384 g/mol. The van der Waals surface area contributed by atoms with Crippen LogP contribution in [0.5, 0.6) is 5.75 Å². The second-order valence-electron chi connectivity index (χ2n) is 7.80. The molecule has 5 aromatic rings. The number of nitrogen functional groups attached to an aromatic ring is 1. The van der Waals surface area contributed by atoms with Crippen molar-refractivity contribution in [3.8, 4) is 16.9 Å². The van der Waals surface area contributed by atoms with E-state index in [2.05, 4.69) is 47.9 Å². The number of aromatic nitrogens is 3. The summed E-state index contributed by atoms with van der Waals surface area (Å²) >= 11 is 0. The summed E-state index contributed by atoms with van der Waals surface area (Å²) < 4.78 is 8.08. The van der Waals surface area contributed by atoms with Gasteiger partial charge in [0.2, 0.25) is 0 Å². The molecule has 2 N–H and O–H groups in total. The van der Waals surface area contributed by atoms with Gasteiger partial charge in [-0.25, -0.2) is 4.98 Å². The molecule has 0 saturated carbocycles. The Balaban J connectivity index is 1.77. The lowest BCUT2D eigenvalue weighted by Crippen LogP contribution is -2.08. The Bertz CT molecular complexity index is 1390. The van der Waals surface area contributed by atoms with Crippen molar-refractivity contribution >= 4 is 27.6 Å². The van der Waals surface area contributed by atoms with E-state index in [1.165, 1.54) is 5.56 Å². The minimum atomic E-state index is 0.138. The molecule has 0 aliphatic heterocycles. The van der Waals surface area contributed by atoms with Crippen molar-refractivity contribution in [2.45, 2.75) is 19.9 Å². The average molecular weight is 409 g/mol. The second-order valence-corrected chi connectivity index (χ2v) is 7.80. The molecule has 0 fully saturated rings. The molecule has 5 rings (SSSR count). The highest BCUT2D eigenvalue weighted by molar-refractivity contribution is 6.05. The zero-order valence-corrected chi connectivity index (χ0v) is 17.8. The van der Waals surface area contributed by atoms with Gasteiger partial charge in [0.05, 0.1) is 30.4 Å². The highest BCUT2D eigenvalue weighted by atomic mass is 16.5. The highest BCUT2D eigenvalue weighted by Crippen LogP contribution is 2.37. The van der Waals surface area contributed by atoms with Crippen LogP contribution < -0.4 is 10.5 Å². The largest absolute Gasteiger partial charge is 0.496 e. The van der Waals surface area contributed by atoms with Crippen LogP contribution in [-0.4, -0.2) is 21.6 Å². The molecule has 154 valence electrons. The van der Waals surface area contributed by atoms with Gasteiger partial charge < -0.3 is 15.0 Å². The zero-order chi connectivity index (χ0) is 21.5. The Hall–Kier alpha value is -3.86. The van der Waals surface area contributed by atoms with Crippen molar-refractivity contribution < 1.29 is 4.74 Å². The normalized spacial score (nSPS) is 12.4. The molecule has 31 heavy (non-hydrogen) atoms. The summed E-state index contributed by atoms with van der Waals surface area (Å²) in [5.74, 6) is 1.76. The number of nitrogens with zero attached hydrogens (tertiary/aromatic N) is 3. The van der Waals surface area contributed by atoms with E-state index in [1.54, 1.807) is 7.11 Å². The maximum atomic E-state index is 5.87. The van der Waals surface area contributed by atoms with Gasteiger partial charge in [0.25, 0.3) is 0 Å². The molecule has 5 nitrogen and oxygen atoms in total. The minimum Gasteiger partial charge on any atom is -0.496 e. The first-order chi connectivity index (χ1) is 15.1. The van der Waals surface area contributed by atoms with E-state index in [-0.39, 0.29) is 6.04 Å². The van der Waals surface area contributed by atoms with E-state index in [1.807, 2.05) is 43.5 Å². The summed E-state index contributed by atoms with van der Waals surface area (Å²) in [5, 5.41) is 1.02. The van der Waals surface area contributed by atoms with Gasteiger partial charge in [0, 0.05) is 16.6 Å². The fourth-order valence-electron chi connectivity index (χ4n) is 4.33. The molecule has 0 aliphatic carbocycles. The Labute approximate surface area is 181 Å². The second kappa shape index (κ2) is 7.43. The Kier molecular flexibility index (Phi) is 4.59. The monoisotopic (exact) mass is 408 g/mol. The van der Waals surface area contributed by atoms with E-state index in [0.717, 1.165) is 50.3 Å². The minimum absolute atomic E-state index is 0.138. The number of nitrogens with two attached hydrogens (primary N) is 1. The van der Waals surface area contributed by atoms with Crippen LogP contribution in [0.4, 0.5) is 5.69 Å². The topological polar surface area (TPSA) is 66.0 Å². The van der Waals surface area contributed by atoms with E-state index >= 15 is 0 Å². The summed E-state index contributed by atoms with van der Waals surface area (Å²) in [6.07, 6.45) is 1.86. The quantitative estimate of drug-likeness (QED) is 0.384. The van der Waals surface area contributed by atoms with Crippen molar-refractivity contribution in [3.05, 3.63) is 84.3 Å². The molecule has 2 heterocycles. The molecule has 0 radical (unpaired) electrons. The number of hydrogen-bond donors (Lipinski definition) is 1. The van der Waals surface area contributed by atoms with Gasteiger partial charge in [-0.05, 0) is 49.2 Å². The first-order valence-electron chi connectivity index (χ1n) is 10.3. The molecule has 1 atom stereocenters. The van der Waals surface area contributed by atoms with Crippen LogP contribution in [-0.2, 0) is 0 Å². The smallest absolute Gasteiger partial charge is 0.127 e. The molecule has 0 saturated heterocycles. The number of fused-ring (bicyclic) bond motifs is 3. The van der Waals surface area contributed by atoms with Crippen molar-refractivity contribution in [2.24, 2.45) is 0 Å². The fourth-order valence-corrected chi connectivity index (χ4v) is 4.33. The number of aryl methyl sites for hydroxylation is 1. The van der Waals surface area contributed by atoms with Crippen molar-refractivity contribution in [2.75, 3.05) is 12.8 Å². The van der Waals surface area contributed by atoms with E-state index in [9.17, 15) is 0 Å². The molecule has 3 aromatic carbocycles. The van der Waals surface area contributed by atoms with Gasteiger partial charge in [-0.3, -0.25) is 4.98 Å². The van der Waals surface area contributed by atoms with Crippen molar-refractivity contribution in [3.63, 3.8) is 0 Å². The number of methoxy groups -OCH3 is 1. The number of pyridine rings is 1. The van der Waals surface area contributed by atoms with Crippen LogP contribution in [0, 0.1) is 6.92 Å². The number of hydrogen-bond acceptors (Lipinski definition) is 4. The maximum Gasteiger partial charge on any atom is 0.127 e. The first-order valence-corrected chi connectivity index (χ1v) is 10.3. The number of ether oxygens (including phenoxy) is 1. The number of anilines is 1. The molecule has 0 aliphatic rings. The van der Waals surface area contributed by atoms with E-state index in [0.29, 0.717) is 0 Å². The zero-order valence-electron chi connectivity index (χ0n) is 17.8. The Morgan fingerprint density at radius 3 is 2.42 bits per heavy atom. The third kappa shape index (κ3) is 3.19. The lowest BCUT2D eigenvalue weighted by atomic mass is 10.0. The standard InChI is InChI=1S/C26H24N4O/c1-16(18-7-5-4-6-8-18)30-17(2)29-24-15-28-23-13-21(19-9-11-20(27)12-10-19)25(31-3)14-22(23)26(24)30/h4-16H,27H2,1-3H3/t16-/m0/s1. The lowest BCUT2D eigenvalue weighted by molar-refractivity contribution is 0.417. The number of imidazole rings is 1. The average Bonchev–Trinajstić information content (AvgIpc) is 3.15. The SMILES string of the molecule is COc1cc2c(cc1-c1ccc(N)cc1)ncc1nc(C)n([C@@H](C)c3ccccc3)c12. The summed E-state index contributed by atoms with van der Waals surface area (Å²) in [6.45, 7) is 4.25. The maximum absolute atomic E-state index is 5.87. The van der Waals surface area contributed by atoms with E-state index in [4.69, 9.17) is 20.4 Å². The summed E-state index contributed by atoms with van der Waals surface area (Å²) in [6, 6.07) is 22.6. The molecule has 0 amide bonds. The van der Waals surface area contributed by atoms with Crippen LogP contribution in [0.15, 0.2) is 72.9 Å². The van der Waals surface area contributed by atoms with Crippen LogP contribution in [0.1, 0.15) is 24.4 Å². The fraction of sp³-hybridized carbons (Fsp3) is 0.154. The van der Waals surface area contributed by atoms with Crippen LogP contribution >= 0.6 is 0 Å². The van der Waals surface area contributed by atoms with Crippen LogP contribution in [0.25, 0.3) is 33.1 Å². The summed E-state index contributed by atoms with van der Waals surface area (Å²) in [4.78, 5) is 9.52. The highest BCUT2D eigenvalue weighted by Gasteiger charge is 2.19. The van der Waals surface area contributed by atoms with Gasteiger partial charge in [-0.1, -0.05) is 42.5 Å². The van der Waals surface area contributed by atoms with Gasteiger partial charge in [-0.15, -0.1) is 0 Å². The predicted octanol–water partition coefficient (Wildman–Crippen LogP) is 5.76. The van der Waals surface area contributed by atoms with Crippen LogP contribution in [0.2, 0.25) is 0 Å². The molecule has 0 spiro atoms. The van der Waals surface area contributed by atoms with E-state index < -0.39 is 0 Å². The summed E-state index contributed by atoms with van der Waals surface area (Å²) in [5.41, 5.74) is 12.7. The predicted molar refractivity (Wildman–Crippen MR) is 126 cm³/mol. The molecule has 2 aromatic heterocycles. The molecular formula is C26H24N4O. The Morgan fingerprint density at radius 1 is 0.968 bits per heavy atom. The molecule has 0 bridgehead atoms. The molecule has 0 unspecified atom stereocenters. The number of benzene rings is 3. The van der Waals surface area contributed by atoms with Crippen molar-refractivity contribution in [1.29, 1.82) is 0 Å². The Morgan fingerprint density at radius 2 is 1.71 bits per heavy atom. The summed E-state index contributed by atoms with van der Waals surface area (Å²) in [7, 11) is 1.70. The number of rotatable bonds is 4. The lowest BCUT2D eigenvalue weighted by Gasteiger charge is -2.18. The molecule has 5 heteroatoms. The van der Waals surface area contributed by atoms with Gasteiger partial charge in [-0.2, -0.15) is 0 Å². The first kappa shape index (κ1) is 19.1.